The molecule has 0 bridgehead atoms. The van der Waals surface area contributed by atoms with Gasteiger partial charge in [-0.2, -0.15) is 0 Å². The van der Waals surface area contributed by atoms with Crippen LogP contribution in [-0.2, 0) is 30.5 Å². The van der Waals surface area contributed by atoms with E-state index in [1.165, 1.54) is 11.1 Å². The molecule has 36 heavy (non-hydrogen) atoms. The van der Waals surface area contributed by atoms with Gasteiger partial charge in [0.15, 0.2) is 0 Å². The minimum Gasteiger partial charge on any atom is -0.351 e. The van der Waals surface area contributed by atoms with Crippen LogP contribution < -0.4 is 10.6 Å². The van der Waals surface area contributed by atoms with Gasteiger partial charge >= 0.3 is 0 Å². The molecule has 2 heterocycles. The summed E-state index contributed by atoms with van der Waals surface area (Å²) >= 11 is 0. The van der Waals surface area contributed by atoms with Gasteiger partial charge in [-0.15, -0.1) is 5.10 Å². The van der Waals surface area contributed by atoms with E-state index in [9.17, 15) is 4.79 Å². The Bertz CT molecular complexity index is 1360. The van der Waals surface area contributed by atoms with Gasteiger partial charge in [0, 0.05) is 36.3 Å². The number of nitrogens with one attached hydrogen (secondary N) is 3. The van der Waals surface area contributed by atoms with Crippen LogP contribution in [0.4, 0.5) is 5.95 Å². The Morgan fingerprint density at radius 1 is 1.00 bits per heavy atom. The van der Waals surface area contributed by atoms with E-state index in [1.54, 1.807) is 0 Å². The van der Waals surface area contributed by atoms with Crippen molar-refractivity contribution < 1.29 is 4.79 Å². The van der Waals surface area contributed by atoms with Gasteiger partial charge in [0.25, 0.3) is 0 Å². The highest BCUT2D eigenvalue weighted by molar-refractivity contribution is 5.79. The minimum atomic E-state index is -0.109. The second kappa shape index (κ2) is 9.53. The first-order valence-electron chi connectivity index (χ1n) is 12.6. The van der Waals surface area contributed by atoms with Crippen molar-refractivity contribution in [3.63, 3.8) is 0 Å². The molecule has 0 unspecified atom stereocenters. The summed E-state index contributed by atoms with van der Waals surface area (Å²) in [5, 5.41) is 17.6. The van der Waals surface area contributed by atoms with Crippen LogP contribution in [0.1, 0.15) is 47.5 Å². The average molecular weight is 480 g/mol. The topological polar surface area (TPSA) is 108 Å². The van der Waals surface area contributed by atoms with E-state index in [2.05, 4.69) is 66.3 Å². The second-order valence-corrected chi connectivity index (χ2v) is 9.85. The largest absolute Gasteiger partial charge is 0.351 e. The number of rotatable bonds is 6. The number of aryl methyl sites for hydroxylation is 1. The number of nitrogens with zero attached hydrogens (tertiary/aromatic N) is 4. The normalized spacial score (nSPS) is 17.8. The number of carbonyl (C=O) groups is 1. The van der Waals surface area contributed by atoms with E-state index < -0.39 is 0 Å². The number of anilines is 1. The molecule has 2 aromatic carbocycles. The van der Waals surface area contributed by atoms with E-state index in [0.29, 0.717) is 18.4 Å². The first-order valence-corrected chi connectivity index (χ1v) is 12.6. The SMILES string of the molecule is C[C@@H](NC(=O)[C@@H]1CCc2[nH]nnc2C1)c1cccc(-c2cnc(NC3Cc4ccccc4C3)nc2)c1. The highest BCUT2D eigenvalue weighted by atomic mass is 16.1. The van der Waals surface area contributed by atoms with Crippen molar-refractivity contribution >= 4 is 11.9 Å². The van der Waals surface area contributed by atoms with Crippen LogP contribution in [-0.4, -0.2) is 37.3 Å². The Morgan fingerprint density at radius 3 is 2.56 bits per heavy atom. The molecule has 2 aliphatic carbocycles. The van der Waals surface area contributed by atoms with Crippen LogP contribution >= 0.6 is 0 Å². The van der Waals surface area contributed by atoms with Gasteiger partial charge < -0.3 is 10.6 Å². The summed E-state index contributed by atoms with van der Waals surface area (Å²) in [7, 11) is 0. The lowest BCUT2D eigenvalue weighted by molar-refractivity contribution is -0.126. The summed E-state index contributed by atoms with van der Waals surface area (Å²) in [6.45, 7) is 2.02. The third-order valence-corrected chi connectivity index (χ3v) is 7.37. The Balaban J connectivity index is 1.08. The number of H-pyrrole nitrogens is 1. The minimum absolute atomic E-state index is 0.0642. The predicted octanol–water partition coefficient (Wildman–Crippen LogP) is 3.82. The fraction of sp³-hybridized carbons (Fsp3) is 0.321. The lowest BCUT2D eigenvalue weighted by Crippen LogP contribution is -2.35. The molecule has 182 valence electrons. The summed E-state index contributed by atoms with van der Waals surface area (Å²) in [5.74, 6) is 0.639. The van der Waals surface area contributed by atoms with Gasteiger partial charge in [0.05, 0.1) is 17.4 Å². The maximum Gasteiger partial charge on any atom is 0.223 e. The summed E-state index contributed by atoms with van der Waals surface area (Å²) in [5.41, 5.74) is 7.78. The van der Waals surface area contributed by atoms with Crippen LogP contribution in [0.2, 0.25) is 0 Å². The zero-order valence-corrected chi connectivity index (χ0v) is 20.2. The molecule has 3 N–H and O–H groups in total. The first kappa shape index (κ1) is 22.4. The van der Waals surface area contributed by atoms with Gasteiger partial charge in [-0.05, 0) is 60.9 Å². The number of hydrogen-bond donors (Lipinski definition) is 3. The van der Waals surface area contributed by atoms with Crippen LogP contribution in [0.15, 0.2) is 60.9 Å². The lowest BCUT2D eigenvalue weighted by atomic mass is 9.89. The molecule has 0 radical (unpaired) electrons. The van der Waals surface area contributed by atoms with Gasteiger partial charge in [0.1, 0.15) is 0 Å². The maximum atomic E-state index is 12.9. The van der Waals surface area contributed by atoms with Gasteiger partial charge in [-0.25, -0.2) is 9.97 Å². The van der Waals surface area contributed by atoms with Crippen LogP contribution in [0.3, 0.4) is 0 Å². The number of fused-ring (bicyclic) bond motifs is 2. The van der Waals surface area contributed by atoms with Crippen molar-refractivity contribution in [2.75, 3.05) is 5.32 Å². The monoisotopic (exact) mass is 479 g/mol. The van der Waals surface area contributed by atoms with E-state index in [4.69, 9.17) is 0 Å². The highest BCUT2D eigenvalue weighted by Gasteiger charge is 2.28. The smallest absolute Gasteiger partial charge is 0.223 e. The number of hydrogen-bond acceptors (Lipinski definition) is 6. The van der Waals surface area contributed by atoms with Gasteiger partial charge in [-0.3, -0.25) is 9.89 Å². The molecular formula is C28H29N7O. The number of amides is 1. The summed E-state index contributed by atoms with van der Waals surface area (Å²) in [6.07, 6.45) is 7.95. The van der Waals surface area contributed by atoms with E-state index in [0.717, 1.165) is 53.8 Å². The number of aromatic amines is 1. The van der Waals surface area contributed by atoms with Crippen molar-refractivity contribution in [2.45, 2.75) is 51.1 Å². The fourth-order valence-corrected chi connectivity index (χ4v) is 5.31. The Hall–Kier alpha value is -4.07. The quantitative estimate of drug-likeness (QED) is 0.388. The van der Waals surface area contributed by atoms with E-state index >= 15 is 0 Å². The number of carbonyl (C=O) groups excluding carboxylic acids is 1. The maximum absolute atomic E-state index is 12.9. The lowest BCUT2D eigenvalue weighted by Gasteiger charge is -2.23. The molecule has 0 spiro atoms. The third-order valence-electron chi connectivity index (χ3n) is 7.37. The first-order chi connectivity index (χ1) is 17.6. The molecule has 8 heteroatoms. The fourth-order valence-electron chi connectivity index (χ4n) is 5.31. The van der Waals surface area contributed by atoms with Crippen LogP contribution in [0.5, 0.6) is 0 Å². The van der Waals surface area contributed by atoms with Crippen LogP contribution in [0, 0.1) is 5.92 Å². The molecule has 0 fully saturated rings. The summed E-state index contributed by atoms with van der Waals surface area (Å²) in [6, 6.07) is 17.0. The summed E-state index contributed by atoms with van der Waals surface area (Å²) < 4.78 is 0. The van der Waals surface area contributed by atoms with Crippen molar-refractivity contribution in [3.05, 3.63) is 89.0 Å². The Labute approximate surface area is 210 Å². The van der Waals surface area contributed by atoms with Gasteiger partial charge in [0.2, 0.25) is 11.9 Å². The molecule has 8 nitrogen and oxygen atoms in total. The van der Waals surface area contributed by atoms with Crippen molar-refractivity contribution in [2.24, 2.45) is 5.92 Å². The zero-order chi connectivity index (χ0) is 24.5. The van der Waals surface area contributed by atoms with Crippen molar-refractivity contribution in [1.82, 2.24) is 30.7 Å². The number of aromatic nitrogens is 5. The molecule has 4 aromatic rings. The van der Waals surface area contributed by atoms with Gasteiger partial charge in [-0.1, -0.05) is 47.7 Å². The molecule has 0 saturated heterocycles. The van der Waals surface area contributed by atoms with E-state index in [1.807, 2.05) is 37.5 Å². The third kappa shape index (κ3) is 4.58. The van der Waals surface area contributed by atoms with Crippen LogP contribution in [0.25, 0.3) is 11.1 Å². The van der Waals surface area contributed by atoms with E-state index in [-0.39, 0.29) is 17.9 Å². The number of benzene rings is 2. The standard InChI is InChI=1S/C28H29N7O/c1-17(31-27(36)22-9-10-25-26(14-22)34-35-33-25)18-7-4-8-19(11-18)23-15-29-28(30-16-23)32-24-12-20-5-2-3-6-21(20)13-24/h2-8,11,15-17,22,24H,9-10,12-14H2,1H3,(H,31,36)(H,29,30,32)(H,33,34,35)/t17-,22-/m1/s1. The Morgan fingerprint density at radius 2 is 1.78 bits per heavy atom. The average Bonchev–Trinajstić information content (AvgIpc) is 3.55. The highest BCUT2D eigenvalue weighted by Crippen LogP contribution is 2.27. The molecular weight excluding hydrogens is 450 g/mol. The molecule has 2 aromatic heterocycles. The second-order valence-electron chi connectivity index (χ2n) is 9.85. The molecule has 2 aliphatic rings. The zero-order valence-electron chi connectivity index (χ0n) is 20.2. The molecule has 0 aliphatic heterocycles. The van der Waals surface area contributed by atoms with Crippen molar-refractivity contribution in [3.8, 4) is 11.1 Å². The Kier molecular flexibility index (Phi) is 5.93. The predicted molar refractivity (Wildman–Crippen MR) is 137 cm³/mol. The molecule has 6 rings (SSSR count). The molecule has 2 atom stereocenters. The molecule has 1 amide bonds. The van der Waals surface area contributed by atoms with Crippen molar-refractivity contribution in [1.29, 1.82) is 0 Å². The summed E-state index contributed by atoms with van der Waals surface area (Å²) in [4.78, 5) is 22.1. The molecule has 0 saturated carbocycles.